The number of halogens is 1. The van der Waals surface area contributed by atoms with Crippen LogP contribution in [0.2, 0.25) is 0 Å². The van der Waals surface area contributed by atoms with Crippen molar-refractivity contribution >= 4 is 15.9 Å². The molecule has 1 heterocycles. The molecule has 1 rings (SSSR count). The Balaban J connectivity index is 1.97. The Morgan fingerprint density at radius 1 is 1.70 bits per heavy atom. The van der Waals surface area contributed by atoms with Gasteiger partial charge in [-0.2, -0.15) is 0 Å². The summed E-state index contributed by atoms with van der Waals surface area (Å²) < 4.78 is 5.13. The summed E-state index contributed by atoms with van der Waals surface area (Å²) in [7, 11) is 0. The van der Waals surface area contributed by atoms with E-state index >= 15 is 0 Å². The van der Waals surface area contributed by atoms with Crippen LogP contribution in [0.3, 0.4) is 0 Å². The van der Waals surface area contributed by atoms with Gasteiger partial charge >= 0.3 is 0 Å². The molecule has 0 saturated carbocycles. The molecule has 1 saturated heterocycles. The highest BCUT2D eigenvalue weighted by Gasteiger charge is 2.22. The zero-order valence-corrected chi connectivity index (χ0v) is 8.06. The monoisotopic (exact) mass is 206 g/mol. The van der Waals surface area contributed by atoms with Crippen molar-refractivity contribution in [1.82, 2.24) is 0 Å². The zero-order chi connectivity index (χ0) is 7.40. The topological polar surface area (TPSA) is 12.5 Å². The highest BCUT2D eigenvalue weighted by molar-refractivity contribution is 9.09. The van der Waals surface area contributed by atoms with Crippen LogP contribution >= 0.6 is 15.9 Å². The highest BCUT2D eigenvalue weighted by Crippen LogP contribution is 2.21. The van der Waals surface area contributed by atoms with Crippen LogP contribution in [-0.2, 0) is 4.74 Å². The molecule has 1 fully saturated rings. The quantitative estimate of drug-likeness (QED) is 0.498. The van der Waals surface area contributed by atoms with E-state index in [9.17, 15) is 0 Å². The lowest BCUT2D eigenvalue weighted by Gasteiger charge is -2.08. The van der Waals surface area contributed by atoms with Crippen molar-refractivity contribution in [1.29, 1.82) is 0 Å². The van der Waals surface area contributed by atoms with Gasteiger partial charge in [-0.05, 0) is 18.8 Å². The van der Waals surface area contributed by atoms with Crippen LogP contribution in [0.25, 0.3) is 0 Å². The van der Waals surface area contributed by atoms with Crippen LogP contribution in [0.4, 0.5) is 0 Å². The van der Waals surface area contributed by atoms with Gasteiger partial charge in [0.15, 0.2) is 0 Å². The van der Waals surface area contributed by atoms with Crippen LogP contribution in [0.15, 0.2) is 0 Å². The Hall–Kier alpha value is 0.440. The van der Waals surface area contributed by atoms with E-state index in [2.05, 4.69) is 22.9 Å². The van der Waals surface area contributed by atoms with Crippen molar-refractivity contribution in [2.24, 2.45) is 5.92 Å². The second-order valence-electron chi connectivity index (χ2n) is 2.96. The minimum Gasteiger partial charge on any atom is -0.373 e. The van der Waals surface area contributed by atoms with Crippen molar-refractivity contribution in [3.63, 3.8) is 0 Å². The molecule has 0 bridgehead atoms. The fourth-order valence-corrected chi connectivity index (χ4v) is 1.83. The van der Waals surface area contributed by atoms with E-state index in [1.54, 1.807) is 0 Å². The summed E-state index contributed by atoms with van der Waals surface area (Å²) in [6.07, 6.45) is 4.50. The van der Waals surface area contributed by atoms with Crippen molar-refractivity contribution in [3.8, 4) is 0 Å². The Bertz CT molecular complexity index is 87.3. The first-order chi connectivity index (χ1) is 4.86. The molecule has 0 aromatic heterocycles. The van der Waals surface area contributed by atoms with E-state index in [0.29, 0.717) is 6.10 Å². The van der Waals surface area contributed by atoms with Gasteiger partial charge in [-0.15, -0.1) is 0 Å². The minimum atomic E-state index is 0.619. The molecule has 2 heteroatoms. The van der Waals surface area contributed by atoms with Gasteiger partial charge in [0.2, 0.25) is 0 Å². The molecule has 2 unspecified atom stereocenters. The van der Waals surface area contributed by atoms with Crippen molar-refractivity contribution < 1.29 is 4.74 Å². The molecule has 0 N–H and O–H groups in total. The molecule has 0 aromatic carbocycles. The third-order valence-electron chi connectivity index (χ3n) is 2.09. The molecule has 2 atom stereocenters. The minimum absolute atomic E-state index is 0.619. The normalized spacial score (nSPS) is 26.4. The maximum absolute atomic E-state index is 5.13. The average molecular weight is 207 g/mol. The summed E-state index contributed by atoms with van der Waals surface area (Å²) in [5, 5.41) is 1.15. The van der Waals surface area contributed by atoms with Crippen LogP contribution in [0, 0.1) is 5.92 Å². The van der Waals surface area contributed by atoms with Crippen molar-refractivity contribution in [2.45, 2.75) is 32.3 Å². The standard InChI is InChI=1S/C8H15BrO/c1-2-7(5-9)3-4-8-6-10-8/h7-8H,2-6H2,1H3. The first kappa shape index (κ1) is 8.54. The Labute approximate surface area is 71.3 Å². The molecule has 10 heavy (non-hydrogen) atoms. The fraction of sp³-hybridized carbons (Fsp3) is 1.00. The smallest absolute Gasteiger partial charge is 0.0810 e. The Morgan fingerprint density at radius 3 is 2.80 bits per heavy atom. The second-order valence-corrected chi connectivity index (χ2v) is 3.61. The van der Waals surface area contributed by atoms with Gasteiger partial charge in [0.05, 0.1) is 12.7 Å². The first-order valence-corrected chi connectivity index (χ1v) is 5.16. The number of alkyl halides is 1. The number of epoxide rings is 1. The lowest BCUT2D eigenvalue weighted by molar-refractivity contribution is 0.372. The Morgan fingerprint density at radius 2 is 2.40 bits per heavy atom. The summed E-state index contributed by atoms with van der Waals surface area (Å²) in [5.74, 6) is 0.865. The van der Waals surface area contributed by atoms with Crippen molar-refractivity contribution in [3.05, 3.63) is 0 Å². The largest absolute Gasteiger partial charge is 0.373 e. The van der Waals surface area contributed by atoms with Crippen LogP contribution in [-0.4, -0.2) is 18.0 Å². The van der Waals surface area contributed by atoms with Gasteiger partial charge in [-0.3, -0.25) is 0 Å². The lowest BCUT2D eigenvalue weighted by Crippen LogP contribution is -2.01. The zero-order valence-electron chi connectivity index (χ0n) is 6.48. The van der Waals surface area contributed by atoms with Crippen molar-refractivity contribution in [2.75, 3.05) is 11.9 Å². The fourth-order valence-electron chi connectivity index (χ4n) is 1.05. The van der Waals surface area contributed by atoms with Gasteiger partial charge in [-0.25, -0.2) is 0 Å². The van der Waals surface area contributed by atoms with Crippen LogP contribution < -0.4 is 0 Å². The summed E-state index contributed by atoms with van der Waals surface area (Å²) in [4.78, 5) is 0. The summed E-state index contributed by atoms with van der Waals surface area (Å²) >= 11 is 3.51. The molecule has 1 aliphatic heterocycles. The van der Waals surface area contributed by atoms with Gasteiger partial charge in [0.1, 0.15) is 0 Å². The molecule has 0 radical (unpaired) electrons. The van der Waals surface area contributed by atoms with Gasteiger partial charge in [0, 0.05) is 5.33 Å². The molecule has 60 valence electrons. The summed E-state index contributed by atoms with van der Waals surface area (Å²) in [6, 6.07) is 0. The maximum atomic E-state index is 5.13. The second kappa shape index (κ2) is 4.35. The summed E-state index contributed by atoms with van der Waals surface area (Å²) in [5.41, 5.74) is 0. The molecule has 1 nitrogen and oxygen atoms in total. The number of hydrogen-bond donors (Lipinski definition) is 0. The average Bonchev–Trinajstić information content (AvgIpc) is 2.74. The molecule has 1 aliphatic rings. The Kier molecular flexibility index (Phi) is 3.71. The van der Waals surface area contributed by atoms with Gasteiger partial charge in [-0.1, -0.05) is 29.3 Å². The number of rotatable bonds is 5. The number of hydrogen-bond acceptors (Lipinski definition) is 1. The van der Waals surface area contributed by atoms with E-state index in [1.807, 2.05) is 0 Å². The van der Waals surface area contributed by atoms with E-state index in [4.69, 9.17) is 4.74 Å². The number of ether oxygens (including phenoxy) is 1. The van der Waals surface area contributed by atoms with Gasteiger partial charge in [0.25, 0.3) is 0 Å². The van der Waals surface area contributed by atoms with E-state index in [-0.39, 0.29) is 0 Å². The molecule has 0 aromatic rings. The molecule has 0 amide bonds. The molecular weight excluding hydrogens is 192 g/mol. The molecule has 0 spiro atoms. The summed E-state index contributed by atoms with van der Waals surface area (Å²) in [6.45, 7) is 3.26. The molecular formula is C8H15BrO. The van der Waals surface area contributed by atoms with Gasteiger partial charge < -0.3 is 4.74 Å². The predicted octanol–water partition coefficient (Wildman–Crippen LogP) is 2.59. The van der Waals surface area contributed by atoms with Crippen LogP contribution in [0.5, 0.6) is 0 Å². The van der Waals surface area contributed by atoms with E-state index in [0.717, 1.165) is 17.9 Å². The van der Waals surface area contributed by atoms with Crippen LogP contribution in [0.1, 0.15) is 26.2 Å². The maximum Gasteiger partial charge on any atom is 0.0810 e. The SMILES string of the molecule is CCC(CBr)CCC1CO1. The first-order valence-electron chi connectivity index (χ1n) is 4.04. The lowest BCUT2D eigenvalue weighted by atomic mass is 10.0. The highest BCUT2D eigenvalue weighted by atomic mass is 79.9. The third kappa shape index (κ3) is 3.02. The third-order valence-corrected chi connectivity index (χ3v) is 3.01. The van der Waals surface area contributed by atoms with E-state index in [1.165, 1.54) is 19.3 Å². The predicted molar refractivity (Wildman–Crippen MR) is 46.5 cm³/mol. The van der Waals surface area contributed by atoms with E-state index < -0.39 is 0 Å². The molecule has 0 aliphatic carbocycles.